The van der Waals surface area contributed by atoms with Crippen LogP contribution in [-0.4, -0.2) is 24.9 Å². The summed E-state index contributed by atoms with van der Waals surface area (Å²) in [7, 11) is 1.53. The zero-order valence-corrected chi connectivity index (χ0v) is 11.3. The zero-order valence-electron chi connectivity index (χ0n) is 10.5. The number of aliphatic hydroxyl groups excluding tert-OH is 1. The van der Waals surface area contributed by atoms with Crippen LogP contribution in [0.15, 0.2) is 47.4 Å². The van der Waals surface area contributed by atoms with E-state index < -0.39 is 6.10 Å². The van der Waals surface area contributed by atoms with Crippen molar-refractivity contribution in [2.24, 2.45) is 0 Å². The molecule has 0 aromatic carbocycles. The highest BCUT2D eigenvalue weighted by Crippen LogP contribution is 2.13. The van der Waals surface area contributed by atoms with Gasteiger partial charge in [0.2, 0.25) is 0 Å². The summed E-state index contributed by atoms with van der Waals surface area (Å²) in [5, 5.41) is 10.3. The minimum atomic E-state index is -0.824. The highest BCUT2D eigenvalue weighted by atomic mass is 35.5. The average Bonchev–Trinajstić information content (AvgIpc) is 2.26. The van der Waals surface area contributed by atoms with Crippen molar-refractivity contribution in [1.29, 1.82) is 0 Å². The van der Waals surface area contributed by atoms with Crippen LogP contribution in [0.1, 0.15) is 13.8 Å². The van der Waals surface area contributed by atoms with E-state index in [2.05, 4.69) is 13.2 Å². The zero-order chi connectivity index (χ0) is 13.4. The molecule has 0 aromatic rings. The normalized spacial score (nSPS) is 14.2. The van der Waals surface area contributed by atoms with Crippen molar-refractivity contribution in [2.75, 3.05) is 13.7 Å². The van der Waals surface area contributed by atoms with Gasteiger partial charge in [-0.2, -0.15) is 0 Å². The fourth-order valence-corrected chi connectivity index (χ4v) is 1.24. The molecule has 1 N–H and O–H groups in total. The quantitative estimate of drug-likeness (QED) is 0.563. The summed E-state index contributed by atoms with van der Waals surface area (Å²) < 4.78 is 10.3. The van der Waals surface area contributed by atoms with Crippen LogP contribution in [0.3, 0.4) is 0 Å². The lowest BCUT2D eigenvalue weighted by Crippen LogP contribution is -2.17. The Hall–Kier alpha value is -1.19. The second kappa shape index (κ2) is 7.98. The van der Waals surface area contributed by atoms with Gasteiger partial charge in [0.15, 0.2) is 11.5 Å². The molecule has 1 atom stereocenters. The van der Waals surface area contributed by atoms with E-state index in [9.17, 15) is 5.11 Å². The molecule has 0 aliphatic carbocycles. The van der Waals surface area contributed by atoms with Crippen LogP contribution in [0.4, 0.5) is 0 Å². The molecule has 0 fully saturated rings. The van der Waals surface area contributed by atoms with Crippen molar-refractivity contribution < 1.29 is 14.6 Å². The molecule has 0 aromatic heterocycles. The van der Waals surface area contributed by atoms with Crippen molar-refractivity contribution in [3.63, 3.8) is 0 Å². The SMILES string of the molecule is C=C(OCC(O)C(=C)/C=C(\C)Cl)/C(=C\C)OC. The lowest BCUT2D eigenvalue weighted by atomic mass is 10.1. The smallest absolute Gasteiger partial charge is 0.155 e. The first-order valence-electron chi connectivity index (χ1n) is 5.15. The minimum Gasteiger partial charge on any atom is -0.493 e. The van der Waals surface area contributed by atoms with Gasteiger partial charge >= 0.3 is 0 Å². The van der Waals surface area contributed by atoms with Crippen LogP contribution in [0.25, 0.3) is 0 Å². The lowest BCUT2D eigenvalue weighted by Gasteiger charge is -2.15. The third-order valence-electron chi connectivity index (χ3n) is 1.98. The Morgan fingerprint density at radius 3 is 2.47 bits per heavy atom. The monoisotopic (exact) mass is 258 g/mol. The summed E-state index contributed by atoms with van der Waals surface area (Å²) in [6.07, 6.45) is 2.49. The van der Waals surface area contributed by atoms with Gasteiger partial charge in [0.25, 0.3) is 0 Å². The van der Waals surface area contributed by atoms with Gasteiger partial charge < -0.3 is 14.6 Å². The number of hydrogen-bond donors (Lipinski definition) is 1. The molecule has 0 aliphatic heterocycles. The maximum Gasteiger partial charge on any atom is 0.155 e. The first-order chi connectivity index (χ1) is 7.92. The number of methoxy groups -OCH3 is 1. The van der Waals surface area contributed by atoms with E-state index in [1.807, 2.05) is 6.92 Å². The van der Waals surface area contributed by atoms with Crippen LogP contribution < -0.4 is 0 Å². The third kappa shape index (κ3) is 6.19. The lowest BCUT2D eigenvalue weighted by molar-refractivity contribution is 0.0892. The molecule has 0 aliphatic rings. The topological polar surface area (TPSA) is 38.7 Å². The largest absolute Gasteiger partial charge is 0.493 e. The summed E-state index contributed by atoms with van der Waals surface area (Å²) in [5.74, 6) is 0.903. The molecule has 0 spiro atoms. The highest BCUT2D eigenvalue weighted by Gasteiger charge is 2.10. The number of allylic oxidation sites excluding steroid dienone is 2. The number of hydrogen-bond acceptors (Lipinski definition) is 3. The summed E-state index contributed by atoms with van der Waals surface area (Å²) in [5.41, 5.74) is 0.491. The molecule has 17 heavy (non-hydrogen) atoms. The van der Waals surface area contributed by atoms with Gasteiger partial charge in [-0.25, -0.2) is 0 Å². The van der Waals surface area contributed by atoms with Crippen molar-refractivity contribution in [3.05, 3.63) is 47.4 Å². The standard InChI is InChI=1S/C13H19ClO3/c1-6-13(16-5)11(4)17-8-12(15)9(2)7-10(3)14/h6-7,12,15H,2,4,8H2,1,3,5H3/b10-7+,13-6+. The molecule has 4 heteroatoms. The molecular weight excluding hydrogens is 240 g/mol. The molecule has 0 rings (SSSR count). The second-order valence-electron chi connectivity index (χ2n) is 3.41. The van der Waals surface area contributed by atoms with Crippen LogP contribution >= 0.6 is 11.6 Å². The van der Waals surface area contributed by atoms with Gasteiger partial charge in [0.1, 0.15) is 12.7 Å². The van der Waals surface area contributed by atoms with E-state index in [1.165, 1.54) is 7.11 Å². The number of ether oxygens (including phenoxy) is 2. The Bertz CT molecular complexity index is 339. The Labute approximate surface area is 108 Å². The van der Waals surface area contributed by atoms with Gasteiger partial charge in [-0.3, -0.25) is 0 Å². The van der Waals surface area contributed by atoms with Crippen molar-refractivity contribution in [1.82, 2.24) is 0 Å². The fraction of sp³-hybridized carbons (Fsp3) is 0.385. The van der Waals surface area contributed by atoms with Crippen LogP contribution in [-0.2, 0) is 9.47 Å². The number of rotatable bonds is 7. The summed E-state index contributed by atoms with van der Waals surface area (Å²) in [4.78, 5) is 0. The van der Waals surface area contributed by atoms with E-state index in [4.69, 9.17) is 21.1 Å². The summed E-state index contributed by atoms with van der Waals surface area (Å²) in [6, 6.07) is 0. The fourth-order valence-electron chi connectivity index (χ4n) is 1.10. The van der Waals surface area contributed by atoms with Crippen molar-refractivity contribution in [2.45, 2.75) is 20.0 Å². The second-order valence-corrected chi connectivity index (χ2v) is 4.01. The number of halogens is 1. The molecule has 0 heterocycles. The van der Waals surface area contributed by atoms with E-state index in [-0.39, 0.29) is 6.61 Å². The molecule has 1 unspecified atom stereocenters. The number of aliphatic hydroxyl groups is 1. The maximum atomic E-state index is 9.71. The molecular formula is C13H19ClO3. The van der Waals surface area contributed by atoms with Crippen molar-refractivity contribution in [3.8, 4) is 0 Å². The van der Waals surface area contributed by atoms with E-state index in [0.717, 1.165) is 0 Å². The van der Waals surface area contributed by atoms with Gasteiger partial charge in [0, 0.05) is 5.03 Å². The Kier molecular flexibility index (Phi) is 7.42. The van der Waals surface area contributed by atoms with Crippen LogP contribution in [0.2, 0.25) is 0 Å². The van der Waals surface area contributed by atoms with Crippen LogP contribution in [0.5, 0.6) is 0 Å². The first kappa shape index (κ1) is 15.8. The Balaban J connectivity index is 4.26. The molecule has 96 valence electrons. The summed E-state index contributed by atoms with van der Waals surface area (Å²) >= 11 is 5.68. The molecule has 0 radical (unpaired) electrons. The average molecular weight is 259 g/mol. The predicted molar refractivity (Wildman–Crippen MR) is 70.6 cm³/mol. The summed E-state index contributed by atoms with van der Waals surface area (Å²) in [6.45, 7) is 11.0. The Morgan fingerprint density at radius 2 is 2.06 bits per heavy atom. The van der Waals surface area contributed by atoms with Gasteiger partial charge in [-0.1, -0.05) is 24.8 Å². The van der Waals surface area contributed by atoms with E-state index in [0.29, 0.717) is 22.1 Å². The van der Waals surface area contributed by atoms with Crippen molar-refractivity contribution >= 4 is 11.6 Å². The van der Waals surface area contributed by atoms with Gasteiger partial charge in [-0.05, 0) is 31.6 Å². The molecule has 0 amide bonds. The molecule has 0 bridgehead atoms. The molecule has 0 saturated carbocycles. The first-order valence-corrected chi connectivity index (χ1v) is 5.53. The molecule has 3 nitrogen and oxygen atoms in total. The predicted octanol–water partition coefficient (Wildman–Crippen LogP) is 3.13. The van der Waals surface area contributed by atoms with Crippen LogP contribution in [0, 0.1) is 0 Å². The van der Waals surface area contributed by atoms with E-state index >= 15 is 0 Å². The maximum absolute atomic E-state index is 9.71. The third-order valence-corrected chi connectivity index (χ3v) is 2.09. The Morgan fingerprint density at radius 1 is 1.47 bits per heavy atom. The minimum absolute atomic E-state index is 0.0546. The van der Waals surface area contributed by atoms with Gasteiger partial charge in [0.05, 0.1) is 7.11 Å². The molecule has 0 saturated heterocycles. The highest BCUT2D eigenvalue weighted by molar-refractivity contribution is 6.29. The van der Waals surface area contributed by atoms with Gasteiger partial charge in [-0.15, -0.1) is 0 Å². The van der Waals surface area contributed by atoms with E-state index in [1.54, 1.807) is 19.1 Å².